The van der Waals surface area contributed by atoms with Crippen molar-refractivity contribution in [2.24, 2.45) is 0 Å². The Morgan fingerprint density at radius 1 is 1.48 bits per heavy atom. The zero-order valence-corrected chi connectivity index (χ0v) is 13.5. The largest absolute Gasteiger partial charge is 0.484 e. The molecule has 116 valence electrons. The minimum atomic E-state index is 0.00730. The van der Waals surface area contributed by atoms with Crippen LogP contribution in [-0.4, -0.2) is 37.6 Å². The summed E-state index contributed by atoms with van der Waals surface area (Å²) in [4.78, 5) is 13.7. The van der Waals surface area contributed by atoms with E-state index in [9.17, 15) is 4.79 Å². The number of aryl methyl sites for hydroxylation is 1. The highest BCUT2D eigenvalue weighted by molar-refractivity contribution is 5.77. The molecule has 0 aliphatic heterocycles. The summed E-state index contributed by atoms with van der Waals surface area (Å²) < 4.78 is 5.68. The molecule has 1 aliphatic rings. The van der Waals surface area contributed by atoms with Crippen LogP contribution < -0.4 is 10.1 Å². The van der Waals surface area contributed by atoms with Crippen LogP contribution in [0, 0.1) is 0 Å². The molecule has 0 heterocycles. The molecule has 0 bridgehead atoms. The maximum atomic E-state index is 12.0. The summed E-state index contributed by atoms with van der Waals surface area (Å²) in [6.45, 7) is 4.08. The Morgan fingerprint density at radius 2 is 2.24 bits per heavy atom. The Hall–Kier alpha value is -1.55. The number of hydrogen-bond donors (Lipinski definition) is 1. The number of carbonyl (C=O) groups excluding carboxylic acids is 1. The molecule has 1 N–H and O–H groups in total. The second kappa shape index (κ2) is 6.94. The highest BCUT2D eigenvalue weighted by atomic mass is 16.5. The van der Waals surface area contributed by atoms with Gasteiger partial charge in [-0.3, -0.25) is 4.79 Å². The lowest BCUT2D eigenvalue weighted by atomic mass is 9.87. The first kappa shape index (κ1) is 15.8. The normalized spacial score (nSPS) is 17.5. The highest BCUT2D eigenvalue weighted by Gasteiger charge is 2.19. The lowest BCUT2D eigenvalue weighted by molar-refractivity contribution is -0.133. The fourth-order valence-electron chi connectivity index (χ4n) is 2.70. The zero-order chi connectivity index (χ0) is 15.4. The van der Waals surface area contributed by atoms with E-state index in [1.165, 1.54) is 17.5 Å². The monoisotopic (exact) mass is 290 g/mol. The molecule has 21 heavy (non-hydrogen) atoms. The van der Waals surface area contributed by atoms with Crippen molar-refractivity contribution < 1.29 is 9.53 Å². The molecule has 0 aromatic heterocycles. The zero-order valence-electron chi connectivity index (χ0n) is 13.5. The molecule has 4 heteroatoms. The number of carbonyl (C=O) groups is 1. The number of likely N-dealkylation sites (N-methyl/N-ethyl adjacent to an activating group) is 1. The van der Waals surface area contributed by atoms with Gasteiger partial charge in [-0.2, -0.15) is 0 Å². The molecule has 0 spiro atoms. The molecule has 4 nitrogen and oxygen atoms in total. The molecular weight excluding hydrogens is 264 g/mol. The molecule has 2 rings (SSSR count). The van der Waals surface area contributed by atoms with Gasteiger partial charge in [-0.05, 0) is 63.4 Å². The van der Waals surface area contributed by atoms with E-state index in [0.717, 1.165) is 18.6 Å². The third-order valence-electron chi connectivity index (χ3n) is 4.31. The van der Waals surface area contributed by atoms with Crippen LogP contribution in [0.5, 0.6) is 5.75 Å². The van der Waals surface area contributed by atoms with Gasteiger partial charge >= 0.3 is 0 Å². The summed E-state index contributed by atoms with van der Waals surface area (Å²) in [5.41, 5.74) is 2.70. The molecule has 0 saturated carbocycles. The van der Waals surface area contributed by atoms with Gasteiger partial charge in [0.05, 0.1) is 0 Å². The number of rotatable bonds is 5. The maximum absolute atomic E-state index is 12.0. The topological polar surface area (TPSA) is 41.6 Å². The SMILES string of the molecule is CNC1CCCc2ccc(OCC(=O)N(C)C(C)C)cc21. The summed E-state index contributed by atoms with van der Waals surface area (Å²) >= 11 is 0. The first-order chi connectivity index (χ1) is 10.0. The van der Waals surface area contributed by atoms with Gasteiger partial charge in [0.1, 0.15) is 5.75 Å². The molecule has 1 atom stereocenters. The molecule has 1 aromatic rings. The van der Waals surface area contributed by atoms with Crippen molar-refractivity contribution in [1.29, 1.82) is 0 Å². The van der Waals surface area contributed by atoms with Crippen molar-refractivity contribution in [3.63, 3.8) is 0 Å². The van der Waals surface area contributed by atoms with Crippen molar-refractivity contribution in [3.05, 3.63) is 29.3 Å². The van der Waals surface area contributed by atoms with Gasteiger partial charge < -0.3 is 15.0 Å². The predicted molar refractivity (Wildman–Crippen MR) is 84.6 cm³/mol. The van der Waals surface area contributed by atoms with Crippen molar-refractivity contribution >= 4 is 5.91 Å². The molecule has 1 unspecified atom stereocenters. The standard InChI is InChI=1S/C17H26N2O2/c1-12(2)19(4)17(20)11-21-14-9-8-13-6-5-7-16(18-3)15(13)10-14/h8-10,12,16,18H,5-7,11H2,1-4H3. The number of benzene rings is 1. The Bertz CT molecular complexity index is 500. The van der Waals surface area contributed by atoms with Crippen LogP contribution in [0.25, 0.3) is 0 Å². The molecular formula is C17H26N2O2. The average Bonchev–Trinajstić information content (AvgIpc) is 2.50. The van der Waals surface area contributed by atoms with Crippen molar-refractivity contribution in [2.45, 2.75) is 45.2 Å². The van der Waals surface area contributed by atoms with E-state index in [2.05, 4.69) is 17.4 Å². The maximum Gasteiger partial charge on any atom is 0.260 e. The number of nitrogens with zero attached hydrogens (tertiary/aromatic N) is 1. The van der Waals surface area contributed by atoms with Crippen molar-refractivity contribution in [1.82, 2.24) is 10.2 Å². The van der Waals surface area contributed by atoms with E-state index >= 15 is 0 Å². The highest BCUT2D eigenvalue weighted by Crippen LogP contribution is 2.32. The average molecular weight is 290 g/mol. The van der Waals surface area contributed by atoms with E-state index in [-0.39, 0.29) is 18.6 Å². The van der Waals surface area contributed by atoms with Gasteiger partial charge in [0.2, 0.25) is 0 Å². The summed E-state index contributed by atoms with van der Waals surface area (Å²) in [6.07, 6.45) is 3.50. The molecule has 0 radical (unpaired) electrons. The van der Waals surface area contributed by atoms with Crippen LogP contribution in [-0.2, 0) is 11.2 Å². The molecule has 0 saturated heterocycles. The second-order valence-electron chi connectivity index (χ2n) is 5.98. The van der Waals surface area contributed by atoms with Gasteiger partial charge in [0.25, 0.3) is 5.91 Å². The van der Waals surface area contributed by atoms with Gasteiger partial charge in [0.15, 0.2) is 6.61 Å². The van der Waals surface area contributed by atoms with E-state index in [1.54, 1.807) is 11.9 Å². The Balaban J connectivity index is 2.03. The quantitative estimate of drug-likeness (QED) is 0.906. The number of fused-ring (bicyclic) bond motifs is 1. The third kappa shape index (κ3) is 3.76. The second-order valence-corrected chi connectivity index (χ2v) is 5.98. The summed E-state index contributed by atoms with van der Waals surface area (Å²) in [5.74, 6) is 0.786. The smallest absolute Gasteiger partial charge is 0.260 e. The summed E-state index contributed by atoms with van der Waals surface area (Å²) in [7, 11) is 3.80. The number of hydrogen-bond acceptors (Lipinski definition) is 3. The van der Waals surface area contributed by atoms with Crippen LogP contribution in [0.3, 0.4) is 0 Å². The van der Waals surface area contributed by atoms with Crippen LogP contribution in [0.2, 0.25) is 0 Å². The minimum Gasteiger partial charge on any atom is -0.484 e. The fraction of sp³-hybridized carbons (Fsp3) is 0.588. The summed E-state index contributed by atoms with van der Waals surface area (Å²) in [5, 5.41) is 3.35. The first-order valence-corrected chi connectivity index (χ1v) is 7.71. The molecule has 0 fully saturated rings. The molecule has 1 aliphatic carbocycles. The number of nitrogens with one attached hydrogen (secondary N) is 1. The lowest BCUT2D eigenvalue weighted by Crippen LogP contribution is -2.36. The molecule has 1 amide bonds. The third-order valence-corrected chi connectivity index (χ3v) is 4.31. The van der Waals surface area contributed by atoms with Crippen molar-refractivity contribution in [2.75, 3.05) is 20.7 Å². The van der Waals surface area contributed by atoms with Gasteiger partial charge in [0, 0.05) is 19.1 Å². The van der Waals surface area contributed by atoms with E-state index in [4.69, 9.17) is 4.74 Å². The fourth-order valence-corrected chi connectivity index (χ4v) is 2.70. The van der Waals surface area contributed by atoms with E-state index in [0.29, 0.717) is 6.04 Å². The van der Waals surface area contributed by atoms with Gasteiger partial charge in [-0.15, -0.1) is 0 Å². The predicted octanol–water partition coefficient (Wildman–Crippen LogP) is 2.53. The van der Waals surface area contributed by atoms with Crippen LogP contribution >= 0.6 is 0 Å². The summed E-state index contributed by atoms with van der Waals surface area (Å²) in [6, 6.07) is 6.77. The van der Waals surface area contributed by atoms with Crippen molar-refractivity contribution in [3.8, 4) is 5.75 Å². The Kier molecular flexibility index (Phi) is 5.23. The minimum absolute atomic E-state index is 0.00730. The van der Waals surface area contributed by atoms with E-state index in [1.807, 2.05) is 27.0 Å². The Labute approximate surface area is 127 Å². The van der Waals surface area contributed by atoms with Crippen LogP contribution in [0.15, 0.2) is 18.2 Å². The first-order valence-electron chi connectivity index (χ1n) is 7.71. The van der Waals surface area contributed by atoms with E-state index < -0.39 is 0 Å². The number of ether oxygens (including phenoxy) is 1. The van der Waals surface area contributed by atoms with Crippen LogP contribution in [0.4, 0.5) is 0 Å². The number of amides is 1. The molecule has 1 aromatic carbocycles. The van der Waals surface area contributed by atoms with Gasteiger partial charge in [-0.25, -0.2) is 0 Å². The van der Waals surface area contributed by atoms with Gasteiger partial charge in [-0.1, -0.05) is 6.07 Å². The Morgan fingerprint density at radius 3 is 2.90 bits per heavy atom. The lowest BCUT2D eigenvalue weighted by Gasteiger charge is -2.26. The van der Waals surface area contributed by atoms with Crippen LogP contribution in [0.1, 0.15) is 43.9 Å².